The van der Waals surface area contributed by atoms with Crippen molar-refractivity contribution in [3.8, 4) is 0 Å². The molecule has 5 nitrogen and oxygen atoms in total. The van der Waals surface area contributed by atoms with E-state index in [1.807, 2.05) is 20.8 Å². The number of rotatable bonds is 4. The minimum atomic E-state index is -0.594. The molecule has 1 aliphatic rings. The summed E-state index contributed by atoms with van der Waals surface area (Å²) in [4.78, 5) is 15.9. The average molecular weight is 213 g/mol. The number of hydrogen-bond acceptors (Lipinski definition) is 3. The van der Waals surface area contributed by atoms with Crippen molar-refractivity contribution in [1.29, 1.82) is 0 Å². The second-order valence-corrected chi connectivity index (χ2v) is 4.23. The van der Waals surface area contributed by atoms with Gasteiger partial charge in [-0.15, -0.1) is 0 Å². The molecule has 1 amide bonds. The Kier molecular flexibility index (Phi) is 3.68. The molecular formula is C10H19N3O2. The lowest BCUT2D eigenvalue weighted by Crippen LogP contribution is -2.44. The van der Waals surface area contributed by atoms with Crippen LogP contribution in [0, 0.1) is 0 Å². The number of aliphatic imine (C=N–C) groups is 1. The molecule has 1 fully saturated rings. The maximum Gasteiger partial charge on any atom is 0.252 e. The number of methoxy groups -OCH3 is 1. The van der Waals surface area contributed by atoms with Crippen LogP contribution in [0.25, 0.3) is 0 Å². The van der Waals surface area contributed by atoms with Gasteiger partial charge in [-0.25, -0.2) is 0 Å². The highest BCUT2D eigenvalue weighted by atomic mass is 16.5. The van der Waals surface area contributed by atoms with Gasteiger partial charge in [-0.2, -0.15) is 0 Å². The van der Waals surface area contributed by atoms with Crippen molar-refractivity contribution < 1.29 is 9.53 Å². The number of hydrogen-bond donors (Lipinski definition) is 2. The van der Waals surface area contributed by atoms with Gasteiger partial charge in [-0.05, 0) is 20.8 Å². The molecule has 1 aliphatic heterocycles. The first-order valence-corrected chi connectivity index (χ1v) is 5.14. The lowest BCUT2D eigenvalue weighted by atomic mass is 9.99. The zero-order valence-corrected chi connectivity index (χ0v) is 9.76. The number of amides is 1. The van der Waals surface area contributed by atoms with Crippen LogP contribution < -0.4 is 10.6 Å². The van der Waals surface area contributed by atoms with Crippen LogP contribution in [0.5, 0.6) is 0 Å². The molecule has 0 aromatic carbocycles. The third-order valence-corrected chi connectivity index (χ3v) is 2.32. The van der Waals surface area contributed by atoms with Gasteiger partial charge >= 0.3 is 0 Å². The number of carbonyl (C=O) groups is 1. The number of nitrogens with one attached hydrogen (secondary N) is 2. The first-order valence-electron chi connectivity index (χ1n) is 5.14. The van der Waals surface area contributed by atoms with Crippen LogP contribution in [0.15, 0.2) is 4.99 Å². The number of guanidine groups is 1. The summed E-state index contributed by atoms with van der Waals surface area (Å²) in [5, 5.41) is 5.82. The third kappa shape index (κ3) is 2.92. The topological polar surface area (TPSA) is 62.7 Å². The summed E-state index contributed by atoms with van der Waals surface area (Å²) in [5.74, 6) is 0.521. The summed E-state index contributed by atoms with van der Waals surface area (Å²) in [6.45, 7) is 6.33. The van der Waals surface area contributed by atoms with Gasteiger partial charge in [0.15, 0.2) is 5.96 Å². The van der Waals surface area contributed by atoms with E-state index in [1.165, 1.54) is 0 Å². The lowest BCUT2D eigenvalue weighted by Gasteiger charge is -2.20. The second-order valence-electron chi connectivity index (χ2n) is 4.23. The van der Waals surface area contributed by atoms with Crippen LogP contribution in [0.4, 0.5) is 0 Å². The molecule has 0 radical (unpaired) electrons. The molecule has 1 heterocycles. The molecule has 5 heteroatoms. The van der Waals surface area contributed by atoms with Crippen molar-refractivity contribution in [2.24, 2.45) is 4.99 Å². The van der Waals surface area contributed by atoms with Crippen molar-refractivity contribution in [2.75, 3.05) is 13.7 Å². The fourth-order valence-corrected chi connectivity index (χ4v) is 1.40. The van der Waals surface area contributed by atoms with E-state index in [9.17, 15) is 4.79 Å². The molecule has 0 spiro atoms. The predicted octanol–water partition coefficient (Wildman–Crippen LogP) is 0.265. The van der Waals surface area contributed by atoms with Crippen LogP contribution in [-0.2, 0) is 9.53 Å². The Morgan fingerprint density at radius 3 is 2.73 bits per heavy atom. The zero-order valence-electron chi connectivity index (χ0n) is 9.76. The van der Waals surface area contributed by atoms with Gasteiger partial charge < -0.3 is 10.1 Å². The molecule has 0 aromatic heterocycles. The van der Waals surface area contributed by atoms with Crippen molar-refractivity contribution >= 4 is 11.9 Å². The zero-order chi connectivity index (χ0) is 11.5. The molecule has 1 saturated heterocycles. The van der Waals surface area contributed by atoms with E-state index in [4.69, 9.17) is 4.74 Å². The molecule has 0 aliphatic carbocycles. The molecule has 15 heavy (non-hydrogen) atoms. The number of carbonyl (C=O) groups excluding carboxylic acids is 1. The van der Waals surface area contributed by atoms with Gasteiger partial charge in [0.1, 0.15) is 5.54 Å². The lowest BCUT2D eigenvalue weighted by molar-refractivity contribution is -0.123. The first kappa shape index (κ1) is 12.0. The molecular weight excluding hydrogens is 194 g/mol. The fourth-order valence-electron chi connectivity index (χ4n) is 1.40. The molecule has 0 bridgehead atoms. The van der Waals surface area contributed by atoms with Gasteiger partial charge in [0.2, 0.25) is 0 Å². The Labute approximate surface area is 90.3 Å². The normalized spacial score (nSPS) is 28.3. The molecule has 2 N–H and O–H groups in total. The Morgan fingerprint density at radius 1 is 1.53 bits per heavy atom. The summed E-state index contributed by atoms with van der Waals surface area (Å²) in [5.41, 5.74) is -0.594. The van der Waals surface area contributed by atoms with Crippen molar-refractivity contribution in [3.63, 3.8) is 0 Å². The second kappa shape index (κ2) is 4.61. The molecule has 0 saturated carbocycles. The molecule has 86 valence electrons. The Hall–Kier alpha value is -1.10. The van der Waals surface area contributed by atoms with E-state index in [0.29, 0.717) is 19.0 Å². The SMILES string of the molecule is COCCC1(C)NC(=NC(C)C)NC1=O. The minimum Gasteiger partial charge on any atom is -0.385 e. The van der Waals surface area contributed by atoms with Crippen molar-refractivity contribution in [3.05, 3.63) is 0 Å². The monoisotopic (exact) mass is 213 g/mol. The maximum absolute atomic E-state index is 11.7. The number of ether oxygens (including phenoxy) is 1. The van der Waals surface area contributed by atoms with Crippen LogP contribution in [0.2, 0.25) is 0 Å². The van der Waals surface area contributed by atoms with Crippen molar-refractivity contribution in [1.82, 2.24) is 10.6 Å². The fraction of sp³-hybridized carbons (Fsp3) is 0.800. The number of nitrogens with zero attached hydrogens (tertiary/aromatic N) is 1. The quantitative estimate of drug-likeness (QED) is 0.704. The summed E-state index contributed by atoms with van der Waals surface area (Å²) in [6.07, 6.45) is 0.631. The highest BCUT2D eigenvalue weighted by Crippen LogP contribution is 2.14. The third-order valence-electron chi connectivity index (χ3n) is 2.32. The van der Waals surface area contributed by atoms with Crippen LogP contribution >= 0.6 is 0 Å². The minimum absolute atomic E-state index is 0.0426. The van der Waals surface area contributed by atoms with Crippen LogP contribution in [-0.4, -0.2) is 37.2 Å². The van der Waals surface area contributed by atoms with Gasteiger partial charge in [0.25, 0.3) is 5.91 Å². The van der Waals surface area contributed by atoms with E-state index < -0.39 is 5.54 Å². The molecule has 1 atom stereocenters. The highest BCUT2D eigenvalue weighted by Gasteiger charge is 2.40. The average Bonchev–Trinajstić information content (AvgIpc) is 2.38. The smallest absolute Gasteiger partial charge is 0.252 e. The van der Waals surface area contributed by atoms with Gasteiger partial charge in [-0.3, -0.25) is 15.1 Å². The largest absolute Gasteiger partial charge is 0.385 e. The Balaban J connectivity index is 2.66. The molecule has 1 rings (SSSR count). The predicted molar refractivity (Wildman–Crippen MR) is 58.7 cm³/mol. The van der Waals surface area contributed by atoms with E-state index >= 15 is 0 Å². The van der Waals surface area contributed by atoms with Crippen LogP contribution in [0.1, 0.15) is 27.2 Å². The van der Waals surface area contributed by atoms with Gasteiger partial charge in [0, 0.05) is 26.2 Å². The summed E-state index contributed by atoms with van der Waals surface area (Å²) < 4.78 is 4.97. The molecule has 1 unspecified atom stereocenters. The van der Waals surface area contributed by atoms with E-state index in [2.05, 4.69) is 15.6 Å². The maximum atomic E-state index is 11.7. The van der Waals surface area contributed by atoms with Gasteiger partial charge in [-0.1, -0.05) is 0 Å². The first-order chi connectivity index (χ1) is 6.98. The standard InChI is InChI=1S/C10H19N3O2/c1-7(2)11-9-12-8(14)10(3,13-9)5-6-15-4/h7H,5-6H2,1-4H3,(H2,11,12,13,14). The van der Waals surface area contributed by atoms with E-state index in [-0.39, 0.29) is 11.9 Å². The molecule has 0 aromatic rings. The summed E-state index contributed by atoms with van der Waals surface area (Å²) in [7, 11) is 1.62. The highest BCUT2D eigenvalue weighted by molar-refractivity contribution is 6.08. The van der Waals surface area contributed by atoms with Crippen LogP contribution in [0.3, 0.4) is 0 Å². The van der Waals surface area contributed by atoms with Gasteiger partial charge in [0.05, 0.1) is 0 Å². The Bertz CT molecular complexity index is 276. The van der Waals surface area contributed by atoms with Crippen molar-refractivity contribution in [2.45, 2.75) is 38.8 Å². The summed E-state index contributed by atoms with van der Waals surface area (Å²) >= 11 is 0. The van der Waals surface area contributed by atoms with E-state index in [1.54, 1.807) is 7.11 Å². The Morgan fingerprint density at radius 2 is 2.20 bits per heavy atom. The summed E-state index contributed by atoms with van der Waals surface area (Å²) in [6, 6.07) is 0.164. The van der Waals surface area contributed by atoms with E-state index in [0.717, 1.165) is 0 Å².